The van der Waals surface area contributed by atoms with Gasteiger partial charge in [-0.2, -0.15) is 5.10 Å². The van der Waals surface area contributed by atoms with Crippen LogP contribution in [0.2, 0.25) is 0 Å². The van der Waals surface area contributed by atoms with Gasteiger partial charge in [0.1, 0.15) is 17.9 Å². The topological polar surface area (TPSA) is 82.1 Å². The molecular formula is C15H18N4O2. The highest BCUT2D eigenvalue weighted by molar-refractivity contribution is 5.97. The highest BCUT2D eigenvalue weighted by atomic mass is 16.3. The number of amides is 1. The van der Waals surface area contributed by atoms with Crippen molar-refractivity contribution in [1.29, 1.82) is 0 Å². The second kappa shape index (κ2) is 5.20. The first-order valence-corrected chi connectivity index (χ1v) is 7.01. The number of carbonyl (C=O) groups excluding carboxylic acids is 1. The third-order valence-corrected chi connectivity index (χ3v) is 4.23. The fraction of sp³-hybridized carbons (Fsp3) is 0.400. The van der Waals surface area contributed by atoms with Crippen LogP contribution in [0.15, 0.2) is 18.5 Å². The molecule has 110 valence electrons. The fourth-order valence-electron chi connectivity index (χ4n) is 2.72. The number of carbonyl (C=O) groups is 1. The number of aromatic hydroxyl groups is 1. The van der Waals surface area contributed by atoms with Crippen molar-refractivity contribution in [2.75, 3.05) is 13.1 Å². The fourth-order valence-corrected chi connectivity index (χ4v) is 2.72. The summed E-state index contributed by atoms with van der Waals surface area (Å²) < 4.78 is 0. The highest BCUT2D eigenvalue weighted by Gasteiger charge is 2.30. The molecule has 0 aliphatic carbocycles. The van der Waals surface area contributed by atoms with E-state index in [-0.39, 0.29) is 17.6 Å². The maximum atomic E-state index is 12.6. The number of hydrogen-bond donors (Lipinski definition) is 2. The van der Waals surface area contributed by atoms with Crippen molar-refractivity contribution in [1.82, 2.24) is 20.1 Å². The highest BCUT2D eigenvalue weighted by Crippen LogP contribution is 2.30. The summed E-state index contributed by atoms with van der Waals surface area (Å²) in [6.07, 6.45) is 2.33. The molecule has 0 bridgehead atoms. The lowest BCUT2D eigenvalue weighted by molar-refractivity contribution is 0.0787. The zero-order chi connectivity index (χ0) is 15.0. The van der Waals surface area contributed by atoms with Crippen LogP contribution < -0.4 is 0 Å². The lowest BCUT2D eigenvalue weighted by Gasteiger charge is -2.18. The van der Waals surface area contributed by atoms with Gasteiger partial charge in [0.05, 0.1) is 5.56 Å². The van der Waals surface area contributed by atoms with Gasteiger partial charge < -0.3 is 10.0 Å². The lowest BCUT2D eigenvalue weighted by atomic mass is 10.0. The van der Waals surface area contributed by atoms with Gasteiger partial charge in [0.25, 0.3) is 5.91 Å². The van der Waals surface area contributed by atoms with Gasteiger partial charge in [-0.05, 0) is 37.5 Å². The van der Waals surface area contributed by atoms with Crippen molar-refractivity contribution in [2.45, 2.75) is 26.2 Å². The van der Waals surface area contributed by atoms with Gasteiger partial charge in [-0.15, -0.1) is 0 Å². The number of aryl methyl sites for hydroxylation is 1. The maximum Gasteiger partial charge on any atom is 0.257 e. The second-order valence-electron chi connectivity index (χ2n) is 5.51. The van der Waals surface area contributed by atoms with Crippen LogP contribution >= 0.6 is 0 Å². The number of H-pyrrole nitrogens is 1. The monoisotopic (exact) mass is 286 g/mol. The predicted octanol–water partition coefficient (Wildman–Crippen LogP) is 1.76. The molecule has 0 radical (unpaired) electrons. The van der Waals surface area contributed by atoms with Gasteiger partial charge in [0.2, 0.25) is 0 Å². The van der Waals surface area contributed by atoms with Crippen molar-refractivity contribution in [3.8, 4) is 5.75 Å². The largest absolute Gasteiger partial charge is 0.507 e. The molecule has 2 heterocycles. The molecule has 1 aliphatic rings. The molecule has 0 saturated carbocycles. The van der Waals surface area contributed by atoms with Crippen LogP contribution in [0.4, 0.5) is 0 Å². The van der Waals surface area contributed by atoms with E-state index in [0.717, 1.165) is 23.4 Å². The summed E-state index contributed by atoms with van der Waals surface area (Å²) in [7, 11) is 0. The molecule has 1 aromatic heterocycles. The minimum absolute atomic E-state index is 0.0862. The van der Waals surface area contributed by atoms with Gasteiger partial charge in [0.15, 0.2) is 0 Å². The molecular weight excluding hydrogens is 268 g/mol. The van der Waals surface area contributed by atoms with E-state index >= 15 is 0 Å². The third-order valence-electron chi connectivity index (χ3n) is 4.23. The standard InChI is InChI=1S/C15H18N4O2/c1-9-3-4-12(13(20)10(9)2)15(21)19-6-5-11(7-19)14-16-8-17-18-14/h3-4,8,11,20H,5-7H2,1-2H3,(H,16,17,18). The maximum absolute atomic E-state index is 12.6. The summed E-state index contributed by atoms with van der Waals surface area (Å²) in [5.74, 6) is 0.959. The van der Waals surface area contributed by atoms with Crippen molar-refractivity contribution < 1.29 is 9.90 Å². The molecule has 1 fully saturated rings. The van der Waals surface area contributed by atoms with E-state index in [1.165, 1.54) is 6.33 Å². The Morgan fingerprint density at radius 3 is 2.95 bits per heavy atom. The van der Waals surface area contributed by atoms with E-state index in [2.05, 4.69) is 15.2 Å². The van der Waals surface area contributed by atoms with Crippen LogP contribution in [0.25, 0.3) is 0 Å². The van der Waals surface area contributed by atoms with Crippen LogP contribution in [0.3, 0.4) is 0 Å². The van der Waals surface area contributed by atoms with Crippen LogP contribution in [-0.2, 0) is 0 Å². The van der Waals surface area contributed by atoms with E-state index in [0.29, 0.717) is 18.7 Å². The number of nitrogens with one attached hydrogen (secondary N) is 1. The Bertz CT molecular complexity index is 667. The van der Waals surface area contributed by atoms with Crippen LogP contribution in [0, 0.1) is 13.8 Å². The Balaban J connectivity index is 1.79. The molecule has 1 unspecified atom stereocenters. The molecule has 1 atom stereocenters. The number of nitrogens with zero attached hydrogens (tertiary/aromatic N) is 3. The molecule has 1 amide bonds. The van der Waals surface area contributed by atoms with Crippen LogP contribution in [-0.4, -0.2) is 44.2 Å². The second-order valence-corrected chi connectivity index (χ2v) is 5.51. The van der Waals surface area contributed by atoms with Gasteiger partial charge >= 0.3 is 0 Å². The predicted molar refractivity (Wildman–Crippen MR) is 77.2 cm³/mol. The quantitative estimate of drug-likeness (QED) is 0.881. The number of benzene rings is 1. The SMILES string of the molecule is Cc1ccc(C(=O)N2CCC(c3ncn[nH]3)C2)c(O)c1C. The Morgan fingerprint density at radius 2 is 2.24 bits per heavy atom. The molecule has 1 aliphatic heterocycles. The van der Waals surface area contributed by atoms with Crippen molar-refractivity contribution in [3.63, 3.8) is 0 Å². The van der Waals surface area contributed by atoms with Crippen molar-refractivity contribution in [3.05, 3.63) is 41.0 Å². The molecule has 2 aromatic rings. The number of phenolic OH excluding ortho intramolecular Hbond substituents is 1. The smallest absolute Gasteiger partial charge is 0.257 e. The summed E-state index contributed by atoms with van der Waals surface area (Å²) in [5, 5.41) is 16.9. The van der Waals surface area contributed by atoms with Crippen molar-refractivity contribution in [2.24, 2.45) is 0 Å². The molecule has 1 saturated heterocycles. The summed E-state index contributed by atoms with van der Waals surface area (Å²) in [6.45, 7) is 5.00. The Morgan fingerprint density at radius 1 is 1.43 bits per heavy atom. The lowest BCUT2D eigenvalue weighted by Crippen LogP contribution is -2.28. The molecule has 6 nitrogen and oxygen atoms in total. The minimum atomic E-state index is -0.127. The van der Waals surface area contributed by atoms with E-state index < -0.39 is 0 Å². The summed E-state index contributed by atoms with van der Waals surface area (Å²) in [6, 6.07) is 3.56. The molecule has 2 N–H and O–H groups in total. The molecule has 1 aromatic carbocycles. The Hall–Kier alpha value is -2.37. The average Bonchev–Trinajstić information content (AvgIpc) is 3.14. The number of rotatable bonds is 2. The van der Waals surface area contributed by atoms with Gasteiger partial charge in [0, 0.05) is 19.0 Å². The zero-order valence-corrected chi connectivity index (χ0v) is 12.1. The summed E-state index contributed by atoms with van der Waals surface area (Å²) in [5.41, 5.74) is 2.10. The molecule has 21 heavy (non-hydrogen) atoms. The summed E-state index contributed by atoms with van der Waals surface area (Å²) >= 11 is 0. The number of aromatic amines is 1. The van der Waals surface area contributed by atoms with Crippen LogP contribution in [0.1, 0.15) is 39.6 Å². The first-order valence-electron chi connectivity index (χ1n) is 7.01. The zero-order valence-electron chi connectivity index (χ0n) is 12.1. The average molecular weight is 286 g/mol. The minimum Gasteiger partial charge on any atom is -0.507 e. The van der Waals surface area contributed by atoms with Crippen LogP contribution in [0.5, 0.6) is 5.75 Å². The number of aromatic nitrogens is 3. The third kappa shape index (κ3) is 2.37. The first-order chi connectivity index (χ1) is 10.1. The van der Waals surface area contributed by atoms with E-state index in [1.807, 2.05) is 19.9 Å². The normalized spacial score (nSPS) is 18.2. The van der Waals surface area contributed by atoms with E-state index in [1.54, 1.807) is 11.0 Å². The van der Waals surface area contributed by atoms with E-state index in [9.17, 15) is 9.90 Å². The summed E-state index contributed by atoms with van der Waals surface area (Å²) in [4.78, 5) is 18.5. The molecule has 6 heteroatoms. The number of hydrogen-bond acceptors (Lipinski definition) is 4. The first kappa shape index (κ1) is 13.6. The van der Waals surface area contributed by atoms with Crippen molar-refractivity contribution >= 4 is 5.91 Å². The Kier molecular flexibility index (Phi) is 3.37. The molecule has 0 spiro atoms. The number of phenols is 1. The van der Waals surface area contributed by atoms with Gasteiger partial charge in [-0.3, -0.25) is 9.89 Å². The number of likely N-dealkylation sites (tertiary alicyclic amines) is 1. The van der Waals surface area contributed by atoms with E-state index in [4.69, 9.17) is 0 Å². The molecule has 3 rings (SSSR count). The Labute approximate surface area is 122 Å². The van der Waals surface area contributed by atoms with Gasteiger partial charge in [-0.1, -0.05) is 6.07 Å². The van der Waals surface area contributed by atoms with Gasteiger partial charge in [-0.25, -0.2) is 4.98 Å².